The van der Waals surface area contributed by atoms with Crippen molar-refractivity contribution in [3.8, 4) is 11.1 Å². The van der Waals surface area contributed by atoms with Gasteiger partial charge in [0, 0.05) is 5.92 Å². The summed E-state index contributed by atoms with van der Waals surface area (Å²) in [5, 5.41) is 0. The van der Waals surface area contributed by atoms with Crippen LogP contribution in [-0.4, -0.2) is 0 Å². The lowest BCUT2D eigenvalue weighted by molar-refractivity contribution is 0.957. The second kappa shape index (κ2) is 5.34. The molecule has 0 saturated carbocycles. The summed E-state index contributed by atoms with van der Waals surface area (Å²) in [6.07, 6.45) is 0. The zero-order chi connectivity index (χ0) is 17.0. The Hall–Kier alpha value is -2.34. The molecule has 0 aromatic heterocycles. The number of benzene rings is 3. The number of hydrogen-bond acceptors (Lipinski definition) is 0. The molecule has 0 N–H and O–H groups in total. The fourth-order valence-corrected chi connectivity index (χ4v) is 4.43. The van der Waals surface area contributed by atoms with Gasteiger partial charge in [0.15, 0.2) is 0 Å². The molecule has 24 heavy (non-hydrogen) atoms. The van der Waals surface area contributed by atoms with Gasteiger partial charge in [-0.2, -0.15) is 0 Å². The number of rotatable bonds is 1. The predicted octanol–water partition coefficient (Wildman–Crippen LogP) is 6.39. The van der Waals surface area contributed by atoms with E-state index in [1.165, 1.54) is 55.6 Å². The molecule has 0 fully saturated rings. The van der Waals surface area contributed by atoms with Crippen LogP contribution in [0.2, 0.25) is 0 Å². The topological polar surface area (TPSA) is 0 Å². The summed E-state index contributed by atoms with van der Waals surface area (Å²) in [5.41, 5.74) is 14.4. The van der Waals surface area contributed by atoms with E-state index < -0.39 is 0 Å². The van der Waals surface area contributed by atoms with E-state index >= 15 is 0 Å². The molecule has 1 aliphatic rings. The first-order valence-electron chi connectivity index (χ1n) is 8.77. The van der Waals surface area contributed by atoms with Crippen LogP contribution in [0.25, 0.3) is 11.1 Å². The zero-order valence-electron chi connectivity index (χ0n) is 15.2. The highest BCUT2D eigenvalue weighted by Gasteiger charge is 2.32. The largest absolute Gasteiger partial charge is 0.0619 e. The van der Waals surface area contributed by atoms with Gasteiger partial charge in [-0.05, 0) is 90.3 Å². The molecule has 120 valence electrons. The predicted molar refractivity (Wildman–Crippen MR) is 103 cm³/mol. The van der Waals surface area contributed by atoms with Crippen LogP contribution in [0.15, 0.2) is 48.5 Å². The summed E-state index contributed by atoms with van der Waals surface area (Å²) in [5.74, 6) is 0.357. The van der Waals surface area contributed by atoms with E-state index in [9.17, 15) is 0 Å². The van der Waals surface area contributed by atoms with Crippen molar-refractivity contribution < 1.29 is 0 Å². The average Bonchev–Trinajstić information content (AvgIpc) is 2.94. The Labute approximate surface area is 145 Å². The summed E-state index contributed by atoms with van der Waals surface area (Å²) in [6, 6.07) is 17.8. The highest BCUT2D eigenvalue weighted by molar-refractivity contribution is 5.81. The van der Waals surface area contributed by atoms with Crippen molar-refractivity contribution in [1.29, 1.82) is 0 Å². The number of fused-ring (bicyclic) bond motifs is 3. The van der Waals surface area contributed by atoms with E-state index in [-0.39, 0.29) is 0 Å². The van der Waals surface area contributed by atoms with Crippen LogP contribution < -0.4 is 0 Å². The minimum absolute atomic E-state index is 0.357. The Balaban J connectivity index is 2.09. The SMILES string of the molecule is Cc1c(C)c(C)c(C2c3ccccc3-c3ccccc32)c(C)c1C. The smallest absolute Gasteiger partial charge is 0.0357 e. The van der Waals surface area contributed by atoms with Gasteiger partial charge >= 0.3 is 0 Å². The second-order valence-corrected chi connectivity index (χ2v) is 7.15. The van der Waals surface area contributed by atoms with E-state index in [0.717, 1.165) is 0 Å². The van der Waals surface area contributed by atoms with Crippen LogP contribution in [0.4, 0.5) is 0 Å². The fraction of sp³-hybridized carbons (Fsp3) is 0.250. The summed E-state index contributed by atoms with van der Waals surface area (Å²) >= 11 is 0. The minimum Gasteiger partial charge on any atom is -0.0619 e. The van der Waals surface area contributed by atoms with Crippen LogP contribution >= 0.6 is 0 Å². The van der Waals surface area contributed by atoms with Gasteiger partial charge in [-0.25, -0.2) is 0 Å². The molecule has 3 aromatic carbocycles. The van der Waals surface area contributed by atoms with Gasteiger partial charge in [0.2, 0.25) is 0 Å². The van der Waals surface area contributed by atoms with Crippen molar-refractivity contribution >= 4 is 0 Å². The molecule has 0 aliphatic heterocycles. The van der Waals surface area contributed by atoms with Gasteiger partial charge in [0.1, 0.15) is 0 Å². The van der Waals surface area contributed by atoms with Crippen LogP contribution in [0.1, 0.15) is 50.4 Å². The average molecular weight is 312 g/mol. The normalized spacial score (nSPS) is 13.0. The summed E-state index contributed by atoms with van der Waals surface area (Å²) < 4.78 is 0. The molecule has 0 heterocycles. The van der Waals surface area contributed by atoms with Crippen molar-refractivity contribution in [2.45, 2.75) is 40.5 Å². The Kier molecular flexibility index (Phi) is 3.38. The van der Waals surface area contributed by atoms with Gasteiger partial charge in [0.25, 0.3) is 0 Å². The summed E-state index contributed by atoms with van der Waals surface area (Å²) in [4.78, 5) is 0. The minimum atomic E-state index is 0.357. The lowest BCUT2D eigenvalue weighted by Crippen LogP contribution is -2.09. The highest BCUT2D eigenvalue weighted by atomic mass is 14.3. The monoisotopic (exact) mass is 312 g/mol. The van der Waals surface area contributed by atoms with Gasteiger partial charge in [-0.1, -0.05) is 48.5 Å². The molecule has 0 nitrogen and oxygen atoms in total. The van der Waals surface area contributed by atoms with Crippen molar-refractivity contribution in [2.24, 2.45) is 0 Å². The van der Waals surface area contributed by atoms with Crippen LogP contribution in [0.5, 0.6) is 0 Å². The first-order chi connectivity index (χ1) is 11.5. The van der Waals surface area contributed by atoms with E-state index in [2.05, 4.69) is 83.1 Å². The molecule has 0 saturated heterocycles. The first kappa shape index (κ1) is 15.2. The maximum Gasteiger partial charge on any atom is 0.0357 e. The fourth-order valence-electron chi connectivity index (χ4n) is 4.43. The van der Waals surface area contributed by atoms with Gasteiger partial charge < -0.3 is 0 Å². The molecule has 1 aliphatic carbocycles. The van der Waals surface area contributed by atoms with Crippen molar-refractivity contribution in [1.82, 2.24) is 0 Å². The second-order valence-electron chi connectivity index (χ2n) is 7.15. The molecule has 0 amide bonds. The van der Waals surface area contributed by atoms with Crippen LogP contribution in [0, 0.1) is 34.6 Å². The van der Waals surface area contributed by atoms with Crippen molar-refractivity contribution in [3.05, 3.63) is 93.0 Å². The lowest BCUT2D eigenvalue weighted by Gasteiger charge is -2.24. The van der Waals surface area contributed by atoms with Crippen LogP contribution in [-0.2, 0) is 0 Å². The van der Waals surface area contributed by atoms with Crippen molar-refractivity contribution in [3.63, 3.8) is 0 Å². The van der Waals surface area contributed by atoms with E-state index in [1.807, 2.05) is 0 Å². The van der Waals surface area contributed by atoms with Gasteiger partial charge in [-0.3, -0.25) is 0 Å². The molecule has 0 heteroatoms. The molecular formula is C24H24. The van der Waals surface area contributed by atoms with E-state index in [0.29, 0.717) is 5.92 Å². The third-order valence-electron chi connectivity index (χ3n) is 6.18. The van der Waals surface area contributed by atoms with Gasteiger partial charge in [-0.15, -0.1) is 0 Å². The van der Waals surface area contributed by atoms with Crippen LogP contribution in [0.3, 0.4) is 0 Å². The van der Waals surface area contributed by atoms with Gasteiger partial charge in [0.05, 0.1) is 0 Å². The molecule has 0 atom stereocenters. The Morgan fingerprint density at radius 3 is 1.33 bits per heavy atom. The molecular weight excluding hydrogens is 288 g/mol. The lowest BCUT2D eigenvalue weighted by atomic mass is 9.79. The summed E-state index contributed by atoms with van der Waals surface area (Å²) in [7, 11) is 0. The van der Waals surface area contributed by atoms with Crippen molar-refractivity contribution in [2.75, 3.05) is 0 Å². The quantitative estimate of drug-likeness (QED) is 0.382. The molecule has 0 unspecified atom stereocenters. The highest BCUT2D eigenvalue weighted by Crippen LogP contribution is 2.50. The third-order valence-corrected chi connectivity index (χ3v) is 6.18. The molecule has 3 aromatic rings. The molecule has 4 rings (SSSR count). The zero-order valence-corrected chi connectivity index (χ0v) is 15.2. The molecule has 0 bridgehead atoms. The Morgan fingerprint density at radius 2 is 0.875 bits per heavy atom. The number of hydrogen-bond donors (Lipinski definition) is 0. The molecule has 0 spiro atoms. The first-order valence-corrected chi connectivity index (χ1v) is 8.77. The maximum absolute atomic E-state index is 2.31. The third kappa shape index (κ3) is 1.92. The van der Waals surface area contributed by atoms with E-state index in [4.69, 9.17) is 0 Å². The Bertz CT molecular complexity index is 885. The summed E-state index contributed by atoms with van der Waals surface area (Å²) in [6.45, 7) is 11.4. The maximum atomic E-state index is 2.31. The molecule has 0 radical (unpaired) electrons. The van der Waals surface area contributed by atoms with E-state index in [1.54, 1.807) is 0 Å². The standard InChI is InChI=1S/C24H24/c1-14-15(2)17(4)23(18(5)16(14)3)24-21-12-8-6-10-19(21)20-11-7-9-13-22(20)24/h6-13,24H,1-5H3. The Morgan fingerprint density at radius 1 is 0.500 bits per heavy atom.